The number of sulfone groups is 1. The summed E-state index contributed by atoms with van der Waals surface area (Å²) in [4.78, 5) is 0. The molecular formula is C5H2Cl7NO2S. The molecular weight excluding hydrogens is 386 g/mol. The van der Waals surface area contributed by atoms with Gasteiger partial charge in [0.15, 0.2) is 0 Å². The predicted molar refractivity (Wildman–Crippen MR) is 68.6 cm³/mol. The van der Waals surface area contributed by atoms with Gasteiger partial charge in [0, 0.05) is 0 Å². The maximum Gasteiger partial charge on any atom is 0.255 e. The van der Waals surface area contributed by atoms with Crippen molar-refractivity contribution in [2.24, 2.45) is 0 Å². The summed E-state index contributed by atoms with van der Waals surface area (Å²) >= 11 is 38.2. The fourth-order valence-electron chi connectivity index (χ4n) is 0.536. The van der Waals surface area contributed by atoms with Gasteiger partial charge in [-0.05, 0) is 0 Å². The van der Waals surface area contributed by atoms with Crippen LogP contribution < -0.4 is 0 Å². The largest absolute Gasteiger partial charge is 0.255 e. The van der Waals surface area contributed by atoms with Crippen LogP contribution in [0.5, 0.6) is 0 Å². The van der Waals surface area contributed by atoms with Crippen molar-refractivity contribution in [2.45, 2.75) is 11.8 Å². The van der Waals surface area contributed by atoms with Crippen LogP contribution in [-0.2, 0) is 9.84 Å². The van der Waals surface area contributed by atoms with Gasteiger partial charge in [0.05, 0.1) is 6.07 Å². The zero-order valence-electron chi connectivity index (χ0n) is 7.02. The van der Waals surface area contributed by atoms with E-state index in [1.54, 1.807) is 0 Å². The molecule has 0 aromatic heterocycles. The highest BCUT2D eigenvalue weighted by Gasteiger charge is 2.66. The highest BCUT2D eigenvalue weighted by molar-refractivity contribution is 7.96. The minimum absolute atomic E-state index is 1.03. The fraction of sp³-hybridized carbons (Fsp3) is 0.800. The summed E-state index contributed by atoms with van der Waals surface area (Å²) in [7, 11) is -4.40. The highest BCUT2D eigenvalue weighted by Crippen LogP contribution is 2.58. The molecule has 0 saturated carbocycles. The second kappa shape index (κ2) is 5.22. The molecule has 0 N–H and O–H groups in total. The quantitative estimate of drug-likeness (QED) is 0.695. The third-order valence-corrected chi connectivity index (χ3v) is 8.12. The Kier molecular flexibility index (Phi) is 5.70. The number of nitrogens with zero attached hydrogens (tertiary/aromatic N) is 1. The van der Waals surface area contributed by atoms with Crippen molar-refractivity contribution in [1.29, 1.82) is 5.26 Å². The van der Waals surface area contributed by atoms with Crippen LogP contribution in [0.4, 0.5) is 0 Å². The number of nitriles is 1. The third-order valence-electron chi connectivity index (χ3n) is 1.37. The lowest BCUT2D eigenvalue weighted by Gasteiger charge is -2.36. The van der Waals surface area contributed by atoms with E-state index in [9.17, 15) is 8.42 Å². The molecule has 0 radical (unpaired) electrons. The summed E-state index contributed by atoms with van der Waals surface area (Å²) in [5.41, 5.74) is 0. The molecule has 0 rings (SSSR count). The topological polar surface area (TPSA) is 57.9 Å². The maximum absolute atomic E-state index is 11.5. The van der Waals surface area contributed by atoms with Crippen LogP contribution in [-0.4, -0.2) is 26.0 Å². The van der Waals surface area contributed by atoms with Gasteiger partial charge in [0.25, 0.3) is 3.67 Å². The van der Waals surface area contributed by atoms with Gasteiger partial charge in [-0.1, -0.05) is 81.2 Å². The van der Waals surface area contributed by atoms with Crippen LogP contribution in [0.2, 0.25) is 0 Å². The molecule has 16 heavy (non-hydrogen) atoms. The minimum Gasteiger partial charge on any atom is -0.225 e. The van der Waals surface area contributed by atoms with E-state index >= 15 is 0 Å². The number of alkyl halides is 7. The van der Waals surface area contributed by atoms with Gasteiger partial charge < -0.3 is 0 Å². The fourth-order valence-corrected chi connectivity index (χ4v) is 3.63. The second-order valence-electron chi connectivity index (χ2n) is 2.51. The van der Waals surface area contributed by atoms with Crippen LogP contribution in [0.1, 0.15) is 0 Å². The summed E-state index contributed by atoms with van der Waals surface area (Å²) in [6, 6.07) is 1.33. The van der Waals surface area contributed by atoms with Crippen molar-refractivity contribution in [1.82, 2.24) is 0 Å². The van der Waals surface area contributed by atoms with Gasteiger partial charge in [0.2, 0.25) is 18.0 Å². The van der Waals surface area contributed by atoms with Gasteiger partial charge in [-0.15, -0.1) is 0 Å². The molecule has 11 heteroatoms. The zero-order chi connectivity index (χ0) is 13.4. The molecule has 0 aliphatic rings. The van der Waals surface area contributed by atoms with E-state index in [1.807, 2.05) is 0 Å². The molecule has 0 aliphatic carbocycles. The van der Waals surface area contributed by atoms with Crippen LogP contribution >= 0.6 is 81.2 Å². The Labute approximate surface area is 127 Å². The lowest BCUT2D eigenvalue weighted by molar-refractivity contribution is 0.583. The summed E-state index contributed by atoms with van der Waals surface area (Å²) in [6.45, 7) is 0. The van der Waals surface area contributed by atoms with Gasteiger partial charge in [-0.25, -0.2) is 8.42 Å². The minimum atomic E-state index is -4.40. The highest BCUT2D eigenvalue weighted by atomic mass is 35.6. The van der Waals surface area contributed by atoms with E-state index < -0.39 is 27.4 Å². The van der Waals surface area contributed by atoms with Crippen LogP contribution in [0, 0.1) is 11.3 Å². The Balaban J connectivity index is 5.65. The van der Waals surface area contributed by atoms with Crippen LogP contribution in [0.15, 0.2) is 0 Å². The first-order valence-corrected chi connectivity index (χ1v) is 7.52. The van der Waals surface area contributed by atoms with Crippen molar-refractivity contribution in [2.75, 3.05) is 5.75 Å². The van der Waals surface area contributed by atoms with Gasteiger partial charge >= 0.3 is 0 Å². The van der Waals surface area contributed by atoms with Crippen molar-refractivity contribution >= 4 is 91.0 Å². The predicted octanol–water partition coefficient (Wildman–Crippen LogP) is 3.60. The maximum atomic E-state index is 11.5. The molecule has 3 nitrogen and oxygen atoms in total. The number of halogens is 7. The molecule has 0 aromatic rings. The summed E-state index contributed by atoms with van der Waals surface area (Å²) in [6.07, 6.45) is 0. The molecule has 94 valence electrons. The zero-order valence-corrected chi connectivity index (χ0v) is 13.1. The molecule has 0 atom stereocenters. The van der Waals surface area contributed by atoms with E-state index in [0.29, 0.717) is 0 Å². The lowest BCUT2D eigenvalue weighted by atomic mass is 10.5. The first-order valence-electron chi connectivity index (χ1n) is 3.23. The average Bonchev–Trinajstić information content (AvgIpc) is 2.01. The lowest BCUT2D eigenvalue weighted by Crippen LogP contribution is -2.52. The van der Waals surface area contributed by atoms with E-state index in [-0.39, 0.29) is 0 Å². The van der Waals surface area contributed by atoms with Crippen molar-refractivity contribution < 1.29 is 8.42 Å². The molecule has 0 saturated heterocycles. The Bertz CT molecular complexity index is 403. The van der Waals surface area contributed by atoms with Crippen molar-refractivity contribution in [3.05, 3.63) is 0 Å². The molecule has 0 bridgehead atoms. The molecule has 0 amide bonds. The van der Waals surface area contributed by atoms with E-state index in [4.69, 9.17) is 86.5 Å². The third kappa shape index (κ3) is 3.07. The standard InChI is InChI=1S/C5H2Cl7NO2S/c6-3(7,4(8,9)10)5(11,12)16(14,15)2-1-13/h2H2. The molecule has 0 unspecified atom stereocenters. The average molecular weight is 388 g/mol. The van der Waals surface area contributed by atoms with Crippen LogP contribution in [0.3, 0.4) is 0 Å². The summed E-state index contributed by atoms with van der Waals surface area (Å²) < 4.78 is 15.1. The Morgan fingerprint density at radius 3 is 1.62 bits per heavy atom. The monoisotopic (exact) mass is 385 g/mol. The van der Waals surface area contributed by atoms with Gasteiger partial charge in [-0.3, -0.25) is 0 Å². The van der Waals surface area contributed by atoms with E-state index in [0.717, 1.165) is 0 Å². The Morgan fingerprint density at radius 1 is 1.00 bits per heavy atom. The van der Waals surface area contributed by atoms with Crippen molar-refractivity contribution in [3.63, 3.8) is 0 Å². The van der Waals surface area contributed by atoms with Crippen LogP contribution in [0.25, 0.3) is 0 Å². The van der Waals surface area contributed by atoms with Gasteiger partial charge in [0.1, 0.15) is 5.75 Å². The molecule has 0 aliphatic heterocycles. The SMILES string of the molecule is N#CCS(=O)(=O)C(Cl)(Cl)C(Cl)(Cl)C(Cl)(Cl)Cl. The first-order chi connectivity index (χ1) is 6.81. The van der Waals surface area contributed by atoms with Crippen molar-refractivity contribution in [3.8, 4) is 6.07 Å². The van der Waals surface area contributed by atoms with E-state index in [1.165, 1.54) is 6.07 Å². The normalized spacial score (nSPS) is 14.6. The first kappa shape index (κ1) is 17.5. The number of hydrogen-bond donors (Lipinski definition) is 0. The Morgan fingerprint density at radius 2 is 1.38 bits per heavy atom. The molecule has 0 fully saturated rings. The summed E-state index contributed by atoms with van der Waals surface area (Å²) in [5.74, 6) is -1.03. The second-order valence-corrected chi connectivity index (χ2v) is 10.0. The Hall–Kier alpha value is 1.47. The molecule has 0 heterocycles. The molecule has 0 spiro atoms. The summed E-state index contributed by atoms with van der Waals surface area (Å²) in [5, 5.41) is 8.30. The number of hydrogen-bond acceptors (Lipinski definition) is 3. The van der Waals surface area contributed by atoms with Gasteiger partial charge in [-0.2, -0.15) is 5.26 Å². The number of rotatable bonds is 3. The smallest absolute Gasteiger partial charge is 0.225 e. The van der Waals surface area contributed by atoms with E-state index in [2.05, 4.69) is 0 Å². The molecule has 0 aromatic carbocycles.